The van der Waals surface area contributed by atoms with Gasteiger partial charge in [0.15, 0.2) is 0 Å². The Balaban J connectivity index is 2.31. The van der Waals surface area contributed by atoms with Crippen molar-refractivity contribution in [3.63, 3.8) is 0 Å². The molecule has 74 valence electrons. The number of hydrogen-bond acceptors (Lipinski definition) is 4. The summed E-state index contributed by atoms with van der Waals surface area (Å²) in [5, 5.41) is 9.86. The van der Waals surface area contributed by atoms with E-state index in [1.165, 1.54) is 11.3 Å². The molecule has 0 spiro atoms. The molecule has 0 fully saturated rings. The second kappa shape index (κ2) is 3.98. The highest BCUT2D eigenvalue weighted by Gasteiger charge is 2.07. The lowest BCUT2D eigenvalue weighted by Gasteiger charge is -1.97. The zero-order chi connectivity index (χ0) is 10.1. The van der Waals surface area contributed by atoms with Gasteiger partial charge in [-0.1, -0.05) is 33.5 Å². The minimum absolute atomic E-state index is 0.392. The van der Waals surface area contributed by atoms with Gasteiger partial charge in [-0.3, -0.25) is 0 Å². The summed E-state index contributed by atoms with van der Waals surface area (Å²) < 4.78 is 3.32. The molecule has 0 saturated heterocycles. The summed E-state index contributed by atoms with van der Waals surface area (Å²) in [6, 6.07) is 1.80. The molecular weight excluding hydrogens is 263 g/mol. The van der Waals surface area contributed by atoms with Crippen LogP contribution >= 0.6 is 46.8 Å². The molecule has 0 saturated carbocycles. The molecule has 14 heavy (non-hydrogen) atoms. The number of tetrazole rings is 1. The summed E-state index contributed by atoms with van der Waals surface area (Å²) in [5.41, 5.74) is 0.906. The number of thiophene rings is 1. The van der Waals surface area contributed by atoms with Gasteiger partial charge >= 0.3 is 0 Å². The van der Waals surface area contributed by atoms with Crippen LogP contribution in [0.2, 0.25) is 8.67 Å². The molecule has 2 heterocycles. The van der Waals surface area contributed by atoms with Gasteiger partial charge in [0, 0.05) is 5.56 Å². The largest absolute Gasteiger partial charge is 0.238 e. The van der Waals surface area contributed by atoms with E-state index in [9.17, 15) is 0 Å². The van der Waals surface area contributed by atoms with Gasteiger partial charge in [-0.15, -0.1) is 11.3 Å². The number of H-pyrrole nitrogens is 1. The summed E-state index contributed by atoms with van der Waals surface area (Å²) in [4.78, 5) is 0. The Morgan fingerprint density at radius 1 is 1.57 bits per heavy atom. The first kappa shape index (κ1) is 10.1. The van der Waals surface area contributed by atoms with Crippen molar-refractivity contribution in [2.24, 2.45) is 0 Å². The van der Waals surface area contributed by atoms with Gasteiger partial charge in [0.1, 0.15) is 0 Å². The smallest absolute Gasteiger partial charge is 0.238 e. The molecular formula is C6H4Cl2N4S2. The van der Waals surface area contributed by atoms with E-state index in [0.29, 0.717) is 20.0 Å². The Kier molecular flexibility index (Phi) is 2.87. The molecule has 2 aromatic rings. The van der Waals surface area contributed by atoms with E-state index in [4.69, 9.17) is 35.4 Å². The number of nitrogens with zero attached hydrogens (tertiary/aromatic N) is 3. The van der Waals surface area contributed by atoms with Crippen LogP contribution < -0.4 is 0 Å². The van der Waals surface area contributed by atoms with Gasteiger partial charge in [-0.2, -0.15) is 5.21 Å². The molecule has 0 radical (unpaired) electrons. The standard InChI is InChI=1S/C6H4Cl2N4S2/c7-4-1-3(5(8)14-4)2-12-6(13)9-10-11-12/h1H,2H2,(H,9,11,13). The number of halogens is 2. The molecule has 0 unspecified atom stereocenters. The van der Waals surface area contributed by atoms with Gasteiger partial charge in [0.25, 0.3) is 0 Å². The summed E-state index contributed by atoms with van der Waals surface area (Å²) in [6.07, 6.45) is 0. The summed E-state index contributed by atoms with van der Waals surface area (Å²) >= 11 is 18.0. The van der Waals surface area contributed by atoms with Crippen LogP contribution in [0.1, 0.15) is 5.56 Å². The zero-order valence-corrected chi connectivity index (χ0v) is 9.84. The van der Waals surface area contributed by atoms with Crippen LogP contribution in [0.25, 0.3) is 0 Å². The van der Waals surface area contributed by atoms with Crippen molar-refractivity contribution in [3.05, 3.63) is 25.1 Å². The van der Waals surface area contributed by atoms with Crippen molar-refractivity contribution in [1.29, 1.82) is 0 Å². The topological polar surface area (TPSA) is 46.5 Å². The van der Waals surface area contributed by atoms with Gasteiger partial charge in [-0.25, -0.2) is 4.68 Å². The fraction of sp³-hybridized carbons (Fsp3) is 0.167. The maximum Gasteiger partial charge on any atom is 0.238 e. The molecule has 0 aliphatic rings. The Hall–Kier alpha value is -0.430. The SMILES string of the molecule is S=c1nn[nH]n1Cc1cc(Cl)sc1Cl. The van der Waals surface area contributed by atoms with Crippen molar-refractivity contribution in [2.45, 2.75) is 6.54 Å². The Bertz CT molecular complexity index is 500. The number of hydrogen-bond donors (Lipinski definition) is 1. The lowest BCUT2D eigenvalue weighted by molar-refractivity contribution is 0.643. The van der Waals surface area contributed by atoms with Crippen LogP contribution in [-0.4, -0.2) is 20.2 Å². The predicted molar refractivity (Wildman–Crippen MR) is 58.6 cm³/mol. The third-order valence-electron chi connectivity index (χ3n) is 1.59. The van der Waals surface area contributed by atoms with Crippen molar-refractivity contribution in [2.75, 3.05) is 0 Å². The molecule has 0 amide bonds. The fourth-order valence-corrected chi connectivity index (χ4v) is 2.59. The third-order valence-corrected chi connectivity index (χ3v) is 3.46. The summed E-state index contributed by atoms with van der Waals surface area (Å²) in [6.45, 7) is 0.508. The quantitative estimate of drug-likeness (QED) is 0.851. The molecule has 0 aliphatic carbocycles. The molecule has 2 rings (SSSR count). The first-order chi connectivity index (χ1) is 6.66. The normalized spacial score (nSPS) is 10.7. The number of rotatable bonds is 2. The molecule has 8 heteroatoms. The molecule has 0 atom stereocenters. The van der Waals surface area contributed by atoms with E-state index in [1.54, 1.807) is 10.7 Å². The fourth-order valence-electron chi connectivity index (χ4n) is 0.971. The Labute approximate surface area is 98.4 Å². The van der Waals surface area contributed by atoms with E-state index in [0.717, 1.165) is 5.56 Å². The lowest BCUT2D eigenvalue weighted by atomic mass is 10.3. The Morgan fingerprint density at radius 3 is 2.86 bits per heavy atom. The molecule has 4 nitrogen and oxygen atoms in total. The monoisotopic (exact) mass is 266 g/mol. The van der Waals surface area contributed by atoms with Crippen LogP contribution in [0.5, 0.6) is 0 Å². The number of aromatic nitrogens is 4. The van der Waals surface area contributed by atoms with Gasteiger partial charge < -0.3 is 0 Å². The maximum atomic E-state index is 5.95. The highest BCUT2D eigenvalue weighted by atomic mass is 35.5. The van der Waals surface area contributed by atoms with Crippen molar-refractivity contribution in [1.82, 2.24) is 20.2 Å². The lowest BCUT2D eigenvalue weighted by Crippen LogP contribution is -2.01. The van der Waals surface area contributed by atoms with Crippen molar-refractivity contribution in [3.8, 4) is 0 Å². The van der Waals surface area contributed by atoms with E-state index >= 15 is 0 Å². The second-order valence-electron chi connectivity index (χ2n) is 2.52. The first-order valence-corrected chi connectivity index (χ1v) is 5.56. The van der Waals surface area contributed by atoms with Crippen LogP contribution in [0.3, 0.4) is 0 Å². The molecule has 0 bridgehead atoms. The van der Waals surface area contributed by atoms with E-state index in [1.807, 2.05) is 0 Å². The van der Waals surface area contributed by atoms with Crippen LogP contribution in [-0.2, 0) is 6.54 Å². The second-order valence-corrected chi connectivity index (χ2v) is 5.17. The molecule has 0 aromatic carbocycles. The predicted octanol–water partition coefficient (Wildman–Crippen LogP) is 2.75. The van der Waals surface area contributed by atoms with Gasteiger partial charge in [-0.05, 0) is 18.3 Å². The maximum absolute atomic E-state index is 5.95. The summed E-state index contributed by atoms with van der Waals surface area (Å²) in [7, 11) is 0. The molecule has 2 aromatic heterocycles. The van der Waals surface area contributed by atoms with Gasteiger partial charge in [0.2, 0.25) is 4.77 Å². The number of aromatic amines is 1. The highest BCUT2D eigenvalue weighted by Crippen LogP contribution is 2.31. The van der Waals surface area contributed by atoms with Crippen LogP contribution in [0, 0.1) is 4.77 Å². The third kappa shape index (κ3) is 1.98. The highest BCUT2D eigenvalue weighted by molar-refractivity contribution is 7.71. The minimum Gasteiger partial charge on any atom is -0.238 e. The van der Waals surface area contributed by atoms with Crippen molar-refractivity contribution >= 4 is 46.8 Å². The van der Waals surface area contributed by atoms with Crippen LogP contribution in [0.4, 0.5) is 0 Å². The average Bonchev–Trinajstić information content (AvgIpc) is 2.62. The van der Waals surface area contributed by atoms with Crippen molar-refractivity contribution < 1.29 is 0 Å². The molecule has 0 aliphatic heterocycles. The molecule has 1 N–H and O–H groups in total. The summed E-state index contributed by atoms with van der Waals surface area (Å²) in [5.74, 6) is 0. The first-order valence-electron chi connectivity index (χ1n) is 3.58. The van der Waals surface area contributed by atoms with Crippen LogP contribution in [0.15, 0.2) is 6.07 Å². The zero-order valence-electron chi connectivity index (χ0n) is 6.70. The van der Waals surface area contributed by atoms with E-state index < -0.39 is 0 Å². The van der Waals surface area contributed by atoms with E-state index in [-0.39, 0.29) is 0 Å². The number of nitrogens with one attached hydrogen (secondary N) is 1. The minimum atomic E-state index is 0.392. The van der Waals surface area contributed by atoms with Gasteiger partial charge in [0.05, 0.1) is 15.2 Å². The Morgan fingerprint density at radius 2 is 2.36 bits per heavy atom. The van der Waals surface area contributed by atoms with E-state index in [2.05, 4.69) is 15.5 Å². The average molecular weight is 267 g/mol.